The summed E-state index contributed by atoms with van der Waals surface area (Å²) in [6, 6.07) is 21.3. The minimum atomic E-state index is -0.264. The first-order valence-electron chi connectivity index (χ1n) is 14.0. The van der Waals surface area contributed by atoms with Gasteiger partial charge in [-0.2, -0.15) is 0 Å². The molecule has 4 aliphatic heterocycles. The molecule has 0 aliphatic carbocycles. The summed E-state index contributed by atoms with van der Waals surface area (Å²) in [6.45, 7) is 2.52. The molecule has 0 saturated carbocycles. The third-order valence-electron chi connectivity index (χ3n) is 9.06. The fourth-order valence-corrected chi connectivity index (χ4v) is 6.93. The predicted octanol–water partition coefficient (Wildman–Crippen LogP) is 3.70. The molecule has 0 bridgehead atoms. The van der Waals surface area contributed by atoms with Gasteiger partial charge >= 0.3 is 0 Å². The van der Waals surface area contributed by atoms with Crippen LogP contribution >= 0.6 is 0 Å². The third-order valence-corrected chi connectivity index (χ3v) is 9.06. The average Bonchev–Trinajstić information content (AvgIpc) is 3.47. The number of piperidine rings is 1. The van der Waals surface area contributed by atoms with Gasteiger partial charge in [-0.25, -0.2) is 0 Å². The van der Waals surface area contributed by atoms with Crippen molar-refractivity contribution in [3.05, 3.63) is 94.5 Å². The highest BCUT2D eigenvalue weighted by Gasteiger charge is 2.41. The smallest absolute Gasteiger partial charge is 0.261 e. The fraction of sp³-hybridized carbons (Fsp3) is 0.344. The van der Waals surface area contributed by atoms with Crippen LogP contribution in [-0.2, 0) is 11.2 Å². The Balaban J connectivity index is 1.11. The number of methoxy groups -OCH3 is 1. The van der Waals surface area contributed by atoms with Gasteiger partial charge in [0.2, 0.25) is 5.91 Å². The highest BCUT2D eigenvalue weighted by molar-refractivity contribution is 6.21. The van der Waals surface area contributed by atoms with Crippen LogP contribution in [0.5, 0.6) is 5.75 Å². The number of benzene rings is 3. The molecular formula is C32H32N4O4. The number of hydrogen-bond acceptors (Lipinski definition) is 6. The zero-order valence-corrected chi connectivity index (χ0v) is 22.5. The van der Waals surface area contributed by atoms with Crippen LogP contribution in [0.2, 0.25) is 0 Å². The molecule has 204 valence electrons. The maximum atomic E-state index is 13.8. The van der Waals surface area contributed by atoms with Crippen molar-refractivity contribution < 1.29 is 19.1 Å². The molecule has 1 saturated heterocycles. The number of imide groups is 1. The minimum absolute atomic E-state index is 0.0848. The van der Waals surface area contributed by atoms with Gasteiger partial charge in [-0.1, -0.05) is 36.4 Å². The Hall–Kier alpha value is -4.17. The Morgan fingerprint density at radius 2 is 1.70 bits per heavy atom. The number of nitrogens with zero attached hydrogens (tertiary/aromatic N) is 3. The largest absolute Gasteiger partial charge is 0.497 e. The van der Waals surface area contributed by atoms with Gasteiger partial charge in [-0.05, 0) is 59.9 Å². The van der Waals surface area contributed by atoms with Gasteiger partial charge in [-0.15, -0.1) is 0 Å². The van der Waals surface area contributed by atoms with Crippen LogP contribution in [0.4, 0.5) is 5.69 Å². The number of rotatable bonds is 5. The molecule has 0 aromatic heterocycles. The third kappa shape index (κ3) is 4.05. The summed E-state index contributed by atoms with van der Waals surface area (Å²) >= 11 is 0. The van der Waals surface area contributed by atoms with E-state index >= 15 is 0 Å². The summed E-state index contributed by atoms with van der Waals surface area (Å²) in [4.78, 5) is 45.7. The van der Waals surface area contributed by atoms with Crippen molar-refractivity contribution in [2.24, 2.45) is 0 Å². The Labute approximate surface area is 233 Å². The standard InChI is InChI=1S/C32H32N4O4/c1-40-21-10-11-27-25(16-21)26-17-35(15-13-28(26)33-27)30(37)19-34-14-12-20-6-2-3-7-22(20)29(34)18-36-31(38)23-8-4-5-9-24(23)32(36)39/h2-11,16,26,28-29,33H,12-15,17-19H2,1H3. The Kier molecular flexibility index (Phi) is 6.08. The lowest BCUT2D eigenvalue weighted by atomic mass is 9.89. The Morgan fingerprint density at radius 1 is 0.950 bits per heavy atom. The van der Waals surface area contributed by atoms with Crippen molar-refractivity contribution in [2.75, 3.05) is 45.2 Å². The van der Waals surface area contributed by atoms with Crippen molar-refractivity contribution >= 4 is 23.4 Å². The summed E-state index contributed by atoms with van der Waals surface area (Å²) in [7, 11) is 1.67. The van der Waals surface area contributed by atoms with Gasteiger partial charge < -0.3 is 15.0 Å². The first-order chi connectivity index (χ1) is 19.5. The molecule has 0 spiro atoms. The molecule has 4 heterocycles. The number of hydrogen-bond donors (Lipinski definition) is 1. The summed E-state index contributed by atoms with van der Waals surface area (Å²) in [5, 5.41) is 3.63. The number of carbonyl (C=O) groups is 3. The Morgan fingerprint density at radius 3 is 2.48 bits per heavy atom. The number of likely N-dealkylation sites (tertiary alicyclic amines) is 1. The number of amides is 3. The van der Waals surface area contributed by atoms with E-state index in [1.807, 2.05) is 23.1 Å². The van der Waals surface area contributed by atoms with E-state index in [9.17, 15) is 14.4 Å². The molecular weight excluding hydrogens is 504 g/mol. The number of fused-ring (bicyclic) bond motifs is 5. The van der Waals surface area contributed by atoms with Crippen LogP contribution in [-0.4, -0.2) is 78.3 Å². The van der Waals surface area contributed by atoms with Crippen molar-refractivity contribution in [3.8, 4) is 5.75 Å². The summed E-state index contributed by atoms with van der Waals surface area (Å²) < 4.78 is 5.46. The van der Waals surface area contributed by atoms with E-state index in [2.05, 4.69) is 34.5 Å². The molecule has 8 heteroatoms. The number of carbonyl (C=O) groups excluding carboxylic acids is 3. The first-order valence-corrected chi connectivity index (χ1v) is 14.0. The van der Waals surface area contributed by atoms with E-state index in [0.717, 1.165) is 29.8 Å². The topological polar surface area (TPSA) is 82.2 Å². The van der Waals surface area contributed by atoms with Gasteiger partial charge in [0.15, 0.2) is 0 Å². The van der Waals surface area contributed by atoms with Gasteiger partial charge in [-0.3, -0.25) is 24.2 Å². The normalized spacial score (nSPS) is 23.3. The second-order valence-electron chi connectivity index (χ2n) is 11.1. The number of nitrogens with one attached hydrogen (secondary N) is 1. The minimum Gasteiger partial charge on any atom is -0.497 e. The lowest BCUT2D eigenvalue weighted by molar-refractivity contribution is -0.134. The maximum Gasteiger partial charge on any atom is 0.261 e. The molecule has 4 aliphatic rings. The molecule has 3 unspecified atom stereocenters. The van der Waals surface area contributed by atoms with Crippen LogP contribution in [0.3, 0.4) is 0 Å². The molecule has 3 amide bonds. The lowest BCUT2D eigenvalue weighted by Crippen LogP contribution is -2.51. The predicted molar refractivity (Wildman–Crippen MR) is 151 cm³/mol. The van der Waals surface area contributed by atoms with E-state index in [0.29, 0.717) is 36.8 Å². The first kappa shape index (κ1) is 24.8. The molecule has 3 aromatic rings. The van der Waals surface area contributed by atoms with E-state index in [1.54, 1.807) is 31.4 Å². The second-order valence-corrected chi connectivity index (χ2v) is 11.1. The van der Waals surface area contributed by atoms with Crippen molar-refractivity contribution in [1.29, 1.82) is 0 Å². The quantitative estimate of drug-likeness (QED) is 0.501. The summed E-state index contributed by atoms with van der Waals surface area (Å²) in [5.74, 6) is 0.604. The zero-order chi connectivity index (χ0) is 27.4. The van der Waals surface area contributed by atoms with Gasteiger partial charge in [0, 0.05) is 43.8 Å². The van der Waals surface area contributed by atoms with Gasteiger partial charge in [0.25, 0.3) is 11.8 Å². The highest BCUT2D eigenvalue weighted by Crippen LogP contribution is 2.42. The Bertz CT molecular complexity index is 1490. The van der Waals surface area contributed by atoms with Crippen molar-refractivity contribution in [1.82, 2.24) is 14.7 Å². The molecule has 1 fully saturated rings. The van der Waals surface area contributed by atoms with Crippen LogP contribution < -0.4 is 10.1 Å². The molecule has 3 aromatic carbocycles. The molecule has 40 heavy (non-hydrogen) atoms. The van der Waals surface area contributed by atoms with Crippen molar-refractivity contribution in [2.45, 2.75) is 30.8 Å². The van der Waals surface area contributed by atoms with E-state index in [4.69, 9.17) is 4.74 Å². The van der Waals surface area contributed by atoms with E-state index in [1.165, 1.54) is 16.0 Å². The lowest BCUT2D eigenvalue weighted by Gasteiger charge is -2.41. The molecule has 1 N–H and O–H groups in total. The fourth-order valence-electron chi connectivity index (χ4n) is 6.93. The van der Waals surface area contributed by atoms with Crippen LogP contribution in [0.15, 0.2) is 66.7 Å². The molecule has 3 atom stereocenters. The summed E-state index contributed by atoms with van der Waals surface area (Å²) in [6.07, 6.45) is 1.71. The van der Waals surface area contributed by atoms with E-state index < -0.39 is 0 Å². The van der Waals surface area contributed by atoms with Crippen LogP contribution in [0, 0.1) is 0 Å². The maximum absolute atomic E-state index is 13.8. The van der Waals surface area contributed by atoms with Gasteiger partial charge in [0.05, 0.1) is 30.8 Å². The summed E-state index contributed by atoms with van der Waals surface area (Å²) in [5.41, 5.74) is 5.51. The average molecular weight is 537 g/mol. The molecule has 7 rings (SSSR count). The second kappa shape index (κ2) is 9.78. The van der Waals surface area contributed by atoms with Crippen LogP contribution in [0.1, 0.15) is 55.8 Å². The number of anilines is 1. The van der Waals surface area contributed by atoms with Crippen molar-refractivity contribution in [3.63, 3.8) is 0 Å². The monoisotopic (exact) mass is 536 g/mol. The van der Waals surface area contributed by atoms with Crippen LogP contribution in [0.25, 0.3) is 0 Å². The zero-order valence-electron chi connectivity index (χ0n) is 22.5. The number of ether oxygens (including phenoxy) is 1. The SMILES string of the molecule is COc1ccc2c(c1)C1CN(C(=O)CN3CCc4ccccc4C3CN3C(=O)c4ccccc4C3=O)CCC1N2. The van der Waals surface area contributed by atoms with Gasteiger partial charge in [0.1, 0.15) is 5.75 Å². The van der Waals surface area contributed by atoms with E-state index in [-0.39, 0.29) is 42.8 Å². The highest BCUT2D eigenvalue weighted by atomic mass is 16.5. The molecule has 0 radical (unpaired) electrons. The molecule has 8 nitrogen and oxygen atoms in total.